The molecular formula is C13H26N2OS. The monoisotopic (exact) mass is 258 g/mol. The highest BCUT2D eigenvalue weighted by Crippen LogP contribution is 2.23. The van der Waals surface area contributed by atoms with Crippen LogP contribution in [-0.2, 0) is 4.79 Å². The normalized spacial score (nSPS) is 24.6. The van der Waals surface area contributed by atoms with E-state index < -0.39 is 0 Å². The van der Waals surface area contributed by atoms with E-state index in [4.69, 9.17) is 5.73 Å². The molecule has 0 heterocycles. The first-order valence-corrected chi connectivity index (χ1v) is 8.15. The van der Waals surface area contributed by atoms with E-state index in [0.717, 1.165) is 38.6 Å². The Balaban J connectivity index is 2.01. The number of carbonyl (C=O) groups is 1. The quantitative estimate of drug-likeness (QED) is 0.688. The van der Waals surface area contributed by atoms with Crippen molar-refractivity contribution in [1.29, 1.82) is 0 Å². The van der Waals surface area contributed by atoms with Gasteiger partial charge in [0.2, 0.25) is 5.91 Å². The van der Waals surface area contributed by atoms with Gasteiger partial charge in [0.1, 0.15) is 0 Å². The van der Waals surface area contributed by atoms with Crippen molar-refractivity contribution >= 4 is 17.7 Å². The molecule has 17 heavy (non-hydrogen) atoms. The smallest absolute Gasteiger partial charge is 0.223 e. The standard InChI is InChI=1S/C13H26N2OS/c1-17-10-4-2-3-9-15-13(16)11-5-7-12(14)8-6-11/h11-12H,2-10,14H2,1H3,(H,15,16). The van der Waals surface area contributed by atoms with Crippen molar-refractivity contribution in [3.63, 3.8) is 0 Å². The highest BCUT2D eigenvalue weighted by molar-refractivity contribution is 7.98. The van der Waals surface area contributed by atoms with Crippen molar-refractivity contribution in [1.82, 2.24) is 5.32 Å². The van der Waals surface area contributed by atoms with Crippen molar-refractivity contribution < 1.29 is 4.79 Å². The molecule has 1 saturated carbocycles. The summed E-state index contributed by atoms with van der Waals surface area (Å²) in [7, 11) is 0. The van der Waals surface area contributed by atoms with Gasteiger partial charge in [-0.2, -0.15) is 11.8 Å². The number of nitrogens with one attached hydrogen (secondary N) is 1. The van der Waals surface area contributed by atoms with Gasteiger partial charge in [0, 0.05) is 18.5 Å². The minimum absolute atomic E-state index is 0.223. The predicted octanol–water partition coefficient (Wildman–Crippen LogP) is 2.15. The van der Waals surface area contributed by atoms with Crippen LogP contribution in [0.4, 0.5) is 0 Å². The van der Waals surface area contributed by atoms with Crippen LogP contribution in [0.5, 0.6) is 0 Å². The maximum absolute atomic E-state index is 11.8. The Morgan fingerprint density at radius 1 is 1.24 bits per heavy atom. The van der Waals surface area contributed by atoms with E-state index >= 15 is 0 Å². The maximum atomic E-state index is 11.8. The second-order valence-corrected chi connectivity index (χ2v) is 5.94. The zero-order chi connectivity index (χ0) is 12.5. The summed E-state index contributed by atoms with van der Waals surface area (Å²) >= 11 is 1.89. The third-order valence-electron chi connectivity index (χ3n) is 3.47. The van der Waals surface area contributed by atoms with Crippen LogP contribution in [0.2, 0.25) is 0 Å². The molecule has 0 aromatic heterocycles. The van der Waals surface area contributed by atoms with Crippen LogP contribution in [0.1, 0.15) is 44.9 Å². The van der Waals surface area contributed by atoms with E-state index in [-0.39, 0.29) is 11.8 Å². The van der Waals surface area contributed by atoms with Crippen molar-refractivity contribution in [2.24, 2.45) is 11.7 Å². The summed E-state index contributed by atoms with van der Waals surface area (Å²) in [4.78, 5) is 11.8. The highest BCUT2D eigenvalue weighted by atomic mass is 32.2. The molecule has 1 amide bonds. The summed E-state index contributed by atoms with van der Waals surface area (Å²) in [6.07, 6.45) is 9.68. The molecule has 0 atom stereocenters. The zero-order valence-corrected chi connectivity index (χ0v) is 11.7. The fraction of sp³-hybridized carbons (Fsp3) is 0.923. The molecule has 1 aliphatic carbocycles. The minimum atomic E-state index is 0.223. The van der Waals surface area contributed by atoms with Crippen LogP contribution < -0.4 is 11.1 Å². The van der Waals surface area contributed by atoms with Gasteiger partial charge in [0.05, 0.1) is 0 Å². The Morgan fingerprint density at radius 2 is 1.94 bits per heavy atom. The van der Waals surface area contributed by atoms with Gasteiger partial charge < -0.3 is 11.1 Å². The topological polar surface area (TPSA) is 55.1 Å². The predicted molar refractivity (Wildman–Crippen MR) is 75.2 cm³/mol. The average molecular weight is 258 g/mol. The second-order valence-electron chi connectivity index (χ2n) is 4.96. The number of carbonyl (C=O) groups excluding carboxylic acids is 1. The van der Waals surface area contributed by atoms with Crippen molar-refractivity contribution in [2.45, 2.75) is 51.0 Å². The summed E-state index contributed by atoms with van der Waals surface area (Å²) < 4.78 is 0. The number of amides is 1. The SMILES string of the molecule is CSCCCCCNC(=O)C1CCC(N)CC1. The Labute approximate surface area is 109 Å². The molecule has 100 valence electrons. The van der Waals surface area contributed by atoms with E-state index in [0.29, 0.717) is 6.04 Å². The van der Waals surface area contributed by atoms with Gasteiger partial charge in [0.25, 0.3) is 0 Å². The van der Waals surface area contributed by atoms with E-state index in [1.54, 1.807) is 0 Å². The molecule has 4 heteroatoms. The summed E-state index contributed by atoms with van der Waals surface area (Å²) in [5, 5.41) is 3.06. The molecule has 0 aromatic carbocycles. The van der Waals surface area contributed by atoms with Gasteiger partial charge >= 0.3 is 0 Å². The Kier molecular flexibility index (Phi) is 7.69. The van der Waals surface area contributed by atoms with Crippen LogP contribution in [0.15, 0.2) is 0 Å². The van der Waals surface area contributed by atoms with E-state index in [1.165, 1.54) is 18.6 Å². The first kappa shape index (κ1) is 14.8. The molecule has 1 rings (SSSR count). The summed E-state index contributed by atoms with van der Waals surface area (Å²) in [6, 6.07) is 0.325. The molecule has 3 N–H and O–H groups in total. The molecule has 3 nitrogen and oxygen atoms in total. The molecule has 0 aromatic rings. The largest absolute Gasteiger partial charge is 0.356 e. The van der Waals surface area contributed by atoms with Crippen molar-refractivity contribution in [2.75, 3.05) is 18.6 Å². The lowest BCUT2D eigenvalue weighted by atomic mass is 9.86. The van der Waals surface area contributed by atoms with Gasteiger partial charge in [-0.15, -0.1) is 0 Å². The fourth-order valence-corrected chi connectivity index (χ4v) is 2.78. The van der Waals surface area contributed by atoms with E-state index in [1.807, 2.05) is 11.8 Å². The molecule has 0 bridgehead atoms. The third kappa shape index (κ3) is 6.32. The number of rotatable bonds is 7. The van der Waals surface area contributed by atoms with E-state index in [2.05, 4.69) is 11.6 Å². The molecule has 0 spiro atoms. The Hall–Kier alpha value is -0.220. The number of hydrogen-bond acceptors (Lipinski definition) is 3. The first-order valence-electron chi connectivity index (χ1n) is 6.76. The van der Waals surface area contributed by atoms with Gasteiger partial charge in [-0.1, -0.05) is 6.42 Å². The van der Waals surface area contributed by atoms with Crippen LogP contribution in [0.3, 0.4) is 0 Å². The summed E-state index contributed by atoms with van der Waals surface area (Å²) in [5.41, 5.74) is 5.83. The Bertz CT molecular complexity index is 215. The van der Waals surface area contributed by atoms with Gasteiger partial charge in [0.15, 0.2) is 0 Å². The lowest BCUT2D eigenvalue weighted by Gasteiger charge is -2.25. The van der Waals surface area contributed by atoms with Crippen molar-refractivity contribution in [3.8, 4) is 0 Å². The minimum Gasteiger partial charge on any atom is -0.356 e. The molecule has 0 aliphatic heterocycles. The van der Waals surface area contributed by atoms with Gasteiger partial charge in [-0.25, -0.2) is 0 Å². The molecule has 0 saturated heterocycles. The number of unbranched alkanes of at least 4 members (excludes halogenated alkanes) is 2. The number of nitrogens with two attached hydrogens (primary N) is 1. The fourth-order valence-electron chi connectivity index (χ4n) is 2.29. The lowest BCUT2D eigenvalue weighted by Crippen LogP contribution is -2.36. The molecule has 0 radical (unpaired) electrons. The van der Waals surface area contributed by atoms with Crippen LogP contribution in [0, 0.1) is 5.92 Å². The zero-order valence-electron chi connectivity index (χ0n) is 10.9. The highest BCUT2D eigenvalue weighted by Gasteiger charge is 2.23. The maximum Gasteiger partial charge on any atom is 0.223 e. The number of hydrogen-bond donors (Lipinski definition) is 2. The Morgan fingerprint density at radius 3 is 2.59 bits per heavy atom. The van der Waals surface area contributed by atoms with Crippen LogP contribution >= 0.6 is 11.8 Å². The molecule has 1 fully saturated rings. The third-order valence-corrected chi connectivity index (χ3v) is 4.16. The molecule has 1 aliphatic rings. The van der Waals surface area contributed by atoms with Crippen LogP contribution in [-0.4, -0.2) is 30.5 Å². The van der Waals surface area contributed by atoms with Crippen molar-refractivity contribution in [3.05, 3.63) is 0 Å². The molecule has 0 unspecified atom stereocenters. The first-order chi connectivity index (χ1) is 8.24. The summed E-state index contributed by atoms with van der Waals surface area (Å²) in [5.74, 6) is 1.71. The number of thioether (sulfide) groups is 1. The van der Waals surface area contributed by atoms with Crippen LogP contribution in [0.25, 0.3) is 0 Å². The lowest BCUT2D eigenvalue weighted by molar-refractivity contribution is -0.126. The molecular weight excluding hydrogens is 232 g/mol. The second kappa shape index (κ2) is 8.81. The van der Waals surface area contributed by atoms with Gasteiger partial charge in [-0.3, -0.25) is 4.79 Å². The van der Waals surface area contributed by atoms with Gasteiger partial charge in [-0.05, 0) is 50.5 Å². The van der Waals surface area contributed by atoms with E-state index in [9.17, 15) is 4.79 Å². The average Bonchev–Trinajstić information content (AvgIpc) is 2.34. The summed E-state index contributed by atoms with van der Waals surface area (Å²) in [6.45, 7) is 0.843.